The van der Waals surface area contributed by atoms with Gasteiger partial charge in [0.05, 0.1) is 5.69 Å². The lowest BCUT2D eigenvalue weighted by molar-refractivity contribution is 0.560. The predicted octanol–water partition coefficient (Wildman–Crippen LogP) is 4.61. The van der Waals surface area contributed by atoms with Crippen LogP contribution in [0.3, 0.4) is 0 Å². The van der Waals surface area contributed by atoms with Crippen molar-refractivity contribution in [1.82, 2.24) is 10.3 Å². The Balaban J connectivity index is 2.63. The Hall–Kier alpha value is -0.610. The molecule has 3 nitrogen and oxygen atoms in total. The van der Waals surface area contributed by atoms with Crippen molar-refractivity contribution >= 4 is 16.5 Å². The molecule has 1 N–H and O–H groups in total. The van der Waals surface area contributed by atoms with Gasteiger partial charge in [-0.2, -0.15) is 0 Å². The molecule has 0 saturated carbocycles. The number of nitrogens with zero attached hydrogens (tertiary/aromatic N) is 2. The number of hydrogen-bond acceptors (Lipinski definition) is 4. The Morgan fingerprint density at radius 3 is 2.35 bits per heavy atom. The van der Waals surface area contributed by atoms with E-state index in [0.717, 1.165) is 19.6 Å². The SMILES string of the molecule is CCCCN(CCCC)c1nc(C(C)NCCC)cs1. The molecule has 1 unspecified atom stereocenters. The van der Waals surface area contributed by atoms with Gasteiger partial charge in [-0.25, -0.2) is 4.98 Å². The van der Waals surface area contributed by atoms with E-state index in [1.807, 2.05) is 0 Å². The van der Waals surface area contributed by atoms with Gasteiger partial charge < -0.3 is 10.2 Å². The zero-order valence-electron chi connectivity index (χ0n) is 13.6. The van der Waals surface area contributed by atoms with Crippen molar-refractivity contribution in [3.63, 3.8) is 0 Å². The summed E-state index contributed by atoms with van der Waals surface area (Å²) >= 11 is 1.80. The second-order valence-electron chi connectivity index (χ2n) is 5.42. The molecule has 0 fully saturated rings. The first-order valence-electron chi connectivity index (χ1n) is 8.16. The highest BCUT2D eigenvalue weighted by Gasteiger charge is 2.13. The fourth-order valence-electron chi connectivity index (χ4n) is 2.09. The van der Waals surface area contributed by atoms with Gasteiger partial charge in [0.2, 0.25) is 0 Å². The number of thiazole rings is 1. The van der Waals surface area contributed by atoms with E-state index < -0.39 is 0 Å². The number of anilines is 1. The van der Waals surface area contributed by atoms with Crippen molar-refractivity contribution in [2.24, 2.45) is 0 Å². The highest BCUT2D eigenvalue weighted by molar-refractivity contribution is 7.13. The van der Waals surface area contributed by atoms with E-state index in [2.05, 4.69) is 43.3 Å². The van der Waals surface area contributed by atoms with Crippen molar-refractivity contribution in [1.29, 1.82) is 0 Å². The third-order valence-corrected chi connectivity index (χ3v) is 4.41. The van der Waals surface area contributed by atoms with Crippen molar-refractivity contribution < 1.29 is 0 Å². The molecule has 1 aromatic rings. The highest BCUT2D eigenvalue weighted by Crippen LogP contribution is 2.24. The van der Waals surface area contributed by atoms with Crippen molar-refractivity contribution in [2.75, 3.05) is 24.5 Å². The number of rotatable bonds is 11. The summed E-state index contributed by atoms with van der Waals surface area (Å²) in [5.74, 6) is 0. The summed E-state index contributed by atoms with van der Waals surface area (Å²) in [5.41, 5.74) is 1.19. The quantitative estimate of drug-likeness (QED) is 0.646. The van der Waals surface area contributed by atoms with Gasteiger partial charge in [-0.1, -0.05) is 33.6 Å². The molecule has 0 amide bonds. The van der Waals surface area contributed by atoms with Gasteiger partial charge in [0.1, 0.15) is 0 Å². The van der Waals surface area contributed by atoms with Crippen molar-refractivity contribution in [3.8, 4) is 0 Å². The zero-order chi connectivity index (χ0) is 14.8. The van der Waals surface area contributed by atoms with Gasteiger partial charge in [-0.3, -0.25) is 0 Å². The van der Waals surface area contributed by atoms with Crippen LogP contribution in [0.25, 0.3) is 0 Å². The zero-order valence-corrected chi connectivity index (χ0v) is 14.4. The van der Waals surface area contributed by atoms with Crippen LogP contribution in [0.1, 0.15) is 71.5 Å². The molecule has 0 aliphatic rings. The molecule has 4 heteroatoms. The van der Waals surface area contributed by atoms with Crippen LogP contribution >= 0.6 is 11.3 Å². The van der Waals surface area contributed by atoms with E-state index in [1.165, 1.54) is 42.9 Å². The van der Waals surface area contributed by atoms with Gasteiger partial charge in [0.15, 0.2) is 5.13 Å². The highest BCUT2D eigenvalue weighted by atomic mass is 32.1. The van der Waals surface area contributed by atoms with Gasteiger partial charge in [0, 0.05) is 24.5 Å². The molecule has 1 atom stereocenters. The van der Waals surface area contributed by atoms with E-state index in [1.54, 1.807) is 11.3 Å². The van der Waals surface area contributed by atoms with Crippen LogP contribution in [0, 0.1) is 0 Å². The average Bonchev–Trinajstić information content (AvgIpc) is 2.94. The van der Waals surface area contributed by atoms with Crippen molar-refractivity contribution in [3.05, 3.63) is 11.1 Å². The largest absolute Gasteiger partial charge is 0.348 e. The van der Waals surface area contributed by atoms with E-state index in [0.29, 0.717) is 6.04 Å². The fraction of sp³-hybridized carbons (Fsp3) is 0.812. The molecule has 0 radical (unpaired) electrons. The Bertz CT molecular complexity index is 343. The first kappa shape index (κ1) is 17.4. The summed E-state index contributed by atoms with van der Waals surface area (Å²) in [6, 6.07) is 0.360. The van der Waals surface area contributed by atoms with E-state index in [4.69, 9.17) is 4.98 Å². The van der Waals surface area contributed by atoms with E-state index in [9.17, 15) is 0 Å². The molecule has 0 spiro atoms. The summed E-state index contributed by atoms with van der Waals surface area (Å²) in [4.78, 5) is 7.32. The molecule has 0 bridgehead atoms. The minimum absolute atomic E-state index is 0.360. The Morgan fingerprint density at radius 2 is 1.80 bits per heavy atom. The number of unbranched alkanes of at least 4 members (excludes halogenated alkanes) is 2. The third kappa shape index (κ3) is 5.80. The van der Waals surface area contributed by atoms with Crippen LogP contribution in [-0.2, 0) is 0 Å². The number of aromatic nitrogens is 1. The minimum Gasteiger partial charge on any atom is -0.348 e. The maximum Gasteiger partial charge on any atom is 0.185 e. The van der Waals surface area contributed by atoms with E-state index in [-0.39, 0.29) is 0 Å². The molecule has 20 heavy (non-hydrogen) atoms. The molecule has 0 aromatic carbocycles. The Labute approximate surface area is 128 Å². The van der Waals surface area contributed by atoms with E-state index >= 15 is 0 Å². The predicted molar refractivity (Wildman–Crippen MR) is 90.9 cm³/mol. The maximum atomic E-state index is 4.85. The fourth-order valence-corrected chi connectivity index (χ4v) is 3.06. The molecule has 116 valence electrons. The smallest absolute Gasteiger partial charge is 0.185 e. The van der Waals surface area contributed by atoms with Crippen LogP contribution in [0.5, 0.6) is 0 Å². The van der Waals surface area contributed by atoms with Gasteiger partial charge >= 0.3 is 0 Å². The maximum absolute atomic E-state index is 4.85. The molecule has 0 aliphatic carbocycles. The lowest BCUT2D eigenvalue weighted by Gasteiger charge is -2.21. The van der Waals surface area contributed by atoms with Crippen LogP contribution in [-0.4, -0.2) is 24.6 Å². The summed E-state index contributed by atoms with van der Waals surface area (Å²) in [5, 5.41) is 6.93. The monoisotopic (exact) mass is 297 g/mol. The molecule has 1 rings (SSSR count). The molecule has 1 heterocycles. The normalized spacial score (nSPS) is 12.6. The lowest BCUT2D eigenvalue weighted by atomic mass is 10.2. The van der Waals surface area contributed by atoms with Crippen LogP contribution in [0.15, 0.2) is 5.38 Å². The van der Waals surface area contributed by atoms with Gasteiger partial charge in [-0.15, -0.1) is 11.3 Å². The molecular weight excluding hydrogens is 266 g/mol. The summed E-state index contributed by atoms with van der Waals surface area (Å²) in [6.07, 6.45) is 6.16. The lowest BCUT2D eigenvalue weighted by Crippen LogP contribution is -2.26. The average molecular weight is 298 g/mol. The summed E-state index contributed by atoms with van der Waals surface area (Å²) in [6.45, 7) is 12.2. The second kappa shape index (κ2) is 10.2. The summed E-state index contributed by atoms with van der Waals surface area (Å²) in [7, 11) is 0. The third-order valence-electron chi connectivity index (χ3n) is 3.49. The number of hydrogen-bond donors (Lipinski definition) is 1. The van der Waals surface area contributed by atoms with Crippen LogP contribution in [0.4, 0.5) is 5.13 Å². The topological polar surface area (TPSA) is 28.2 Å². The summed E-state index contributed by atoms with van der Waals surface area (Å²) < 4.78 is 0. The second-order valence-corrected chi connectivity index (χ2v) is 6.26. The first-order valence-corrected chi connectivity index (χ1v) is 9.04. The van der Waals surface area contributed by atoms with Crippen molar-refractivity contribution in [2.45, 2.75) is 65.8 Å². The number of nitrogens with one attached hydrogen (secondary N) is 1. The first-order chi connectivity index (χ1) is 9.72. The standard InChI is InChI=1S/C16H31N3S/c1-5-8-11-19(12-9-6-2)16-18-15(13-20-16)14(4)17-10-7-3/h13-14,17H,5-12H2,1-4H3. The molecular formula is C16H31N3S. The van der Waals surface area contributed by atoms with Gasteiger partial charge in [0.25, 0.3) is 0 Å². The minimum atomic E-state index is 0.360. The molecule has 0 aliphatic heterocycles. The Morgan fingerprint density at radius 1 is 1.15 bits per heavy atom. The van der Waals surface area contributed by atoms with Gasteiger partial charge in [-0.05, 0) is 32.7 Å². The van der Waals surface area contributed by atoms with Crippen LogP contribution < -0.4 is 10.2 Å². The molecule has 1 aromatic heterocycles. The Kier molecular flexibility index (Phi) is 8.86. The molecule has 0 saturated heterocycles. The van der Waals surface area contributed by atoms with Crippen LogP contribution in [0.2, 0.25) is 0 Å².